The van der Waals surface area contributed by atoms with Crippen molar-refractivity contribution in [1.82, 2.24) is 10.3 Å². The molecule has 0 spiro atoms. The highest BCUT2D eigenvalue weighted by Crippen LogP contribution is 2.10. The summed E-state index contributed by atoms with van der Waals surface area (Å²) < 4.78 is 0. The second-order valence-corrected chi connectivity index (χ2v) is 6.40. The number of benzene rings is 1. The van der Waals surface area contributed by atoms with Gasteiger partial charge in [-0.3, -0.25) is 9.59 Å². The van der Waals surface area contributed by atoms with Crippen LogP contribution < -0.4 is 5.43 Å². The van der Waals surface area contributed by atoms with Crippen LogP contribution in [0.25, 0.3) is 0 Å². The minimum Gasteiger partial charge on any atom is -0.338 e. The van der Waals surface area contributed by atoms with E-state index in [9.17, 15) is 9.59 Å². The van der Waals surface area contributed by atoms with Crippen LogP contribution in [0.3, 0.4) is 0 Å². The van der Waals surface area contributed by atoms with Crippen molar-refractivity contribution in [3.63, 3.8) is 0 Å². The van der Waals surface area contributed by atoms with E-state index in [4.69, 9.17) is 11.6 Å². The van der Waals surface area contributed by atoms with Crippen LogP contribution in [-0.2, 0) is 4.79 Å². The predicted octanol–water partition coefficient (Wildman–Crippen LogP) is 3.48. The zero-order valence-corrected chi connectivity index (χ0v) is 15.0. The Morgan fingerprint density at radius 1 is 1.13 bits per heavy atom. The summed E-state index contributed by atoms with van der Waals surface area (Å²) in [5, 5.41) is 4.56. The SMILES string of the molecule is C/C(CC(=O)N(C(C)C)C(C)C)=N\NC(=O)c1ccc(Cl)cc1. The molecular formula is C17H24ClN3O2. The number of carbonyl (C=O) groups excluding carboxylic acids is 2. The number of nitrogens with one attached hydrogen (secondary N) is 1. The Morgan fingerprint density at radius 2 is 1.65 bits per heavy atom. The van der Waals surface area contributed by atoms with E-state index >= 15 is 0 Å². The number of hydrogen-bond donors (Lipinski definition) is 1. The molecule has 0 saturated heterocycles. The van der Waals surface area contributed by atoms with Gasteiger partial charge in [0.15, 0.2) is 0 Å². The van der Waals surface area contributed by atoms with Crippen molar-refractivity contribution >= 4 is 29.1 Å². The second kappa shape index (κ2) is 8.67. The first-order chi connectivity index (χ1) is 10.7. The molecule has 0 unspecified atom stereocenters. The van der Waals surface area contributed by atoms with Gasteiger partial charge in [-0.25, -0.2) is 5.43 Å². The van der Waals surface area contributed by atoms with Crippen LogP contribution in [0.5, 0.6) is 0 Å². The van der Waals surface area contributed by atoms with Gasteiger partial charge in [0.1, 0.15) is 0 Å². The first-order valence-electron chi connectivity index (χ1n) is 7.62. The first-order valence-corrected chi connectivity index (χ1v) is 8.00. The molecule has 0 atom stereocenters. The van der Waals surface area contributed by atoms with Gasteiger partial charge >= 0.3 is 0 Å². The van der Waals surface area contributed by atoms with Gasteiger partial charge in [0, 0.05) is 28.4 Å². The summed E-state index contributed by atoms with van der Waals surface area (Å²) in [6.45, 7) is 9.64. The fourth-order valence-corrected chi connectivity index (χ4v) is 2.46. The lowest BCUT2D eigenvalue weighted by Crippen LogP contribution is -2.42. The maximum Gasteiger partial charge on any atom is 0.271 e. The van der Waals surface area contributed by atoms with E-state index in [0.29, 0.717) is 16.3 Å². The number of nitrogens with zero attached hydrogens (tertiary/aromatic N) is 2. The molecule has 0 bridgehead atoms. The van der Waals surface area contributed by atoms with Gasteiger partial charge in [0.05, 0.1) is 6.42 Å². The lowest BCUT2D eigenvalue weighted by Gasteiger charge is -2.30. The fourth-order valence-electron chi connectivity index (χ4n) is 2.33. The number of amides is 2. The normalized spacial score (nSPS) is 11.7. The molecule has 0 aliphatic carbocycles. The van der Waals surface area contributed by atoms with Crippen LogP contribution in [0.2, 0.25) is 5.02 Å². The van der Waals surface area contributed by atoms with E-state index in [0.717, 1.165) is 0 Å². The number of halogens is 1. The standard InChI is InChI=1S/C17H24ClN3O2/c1-11(2)21(12(3)4)16(22)10-13(5)19-20-17(23)14-6-8-15(18)9-7-14/h6-9,11-12H,10H2,1-5H3,(H,20,23)/b19-13+. The van der Waals surface area contributed by atoms with Crippen molar-refractivity contribution in [2.45, 2.75) is 53.1 Å². The van der Waals surface area contributed by atoms with Crippen LogP contribution in [0, 0.1) is 0 Å². The summed E-state index contributed by atoms with van der Waals surface area (Å²) in [6, 6.07) is 6.76. The van der Waals surface area contributed by atoms with Crippen molar-refractivity contribution in [1.29, 1.82) is 0 Å². The molecule has 0 radical (unpaired) electrons. The van der Waals surface area contributed by atoms with E-state index < -0.39 is 0 Å². The summed E-state index contributed by atoms with van der Waals surface area (Å²) in [6.07, 6.45) is 0.178. The maximum atomic E-state index is 12.3. The van der Waals surface area contributed by atoms with Gasteiger partial charge in [-0.2, -0.15) is 5.10 Å². The summed E-state index contributed by atoms with van der Waals surface area (Å²) in [7, 11) is 0. The van der Waals surface area contributed by atoms with Gasteiger partial charge in [-0.1, -0.05) is 11.6 Å². The molecule has 5 nitrogen and oxygen atoms in total. The third-order valence-electron chi connectivity index (χ3n) is 3.26. The van der Waals surface area contributed by atoms with E-state index in [1.807, 2.05) is 27.7 Å². The molecule has 1 aromatic rings. The van der Waals surface area contributed by atoms with Crippen LogP contribution in [-0.4, -0.2) is 34.5 Å². The molecule has 0 aliphatic rings. The first kappa shape index (κ1) is 19.2. The molecule has 1 rings (SSSR count). The monoisotopic (exact) mass is 337 g/mol. The molecule has 1 N–H and O–H groups in total. The smallest absolute Gasteiger partial charge is 0.271 e. The van der Waals surface area contributed by atoms with Gasteiger partial charge in [-0.15, -0.1) is 0 Å². The predicted molar refractivity (Wildman–Crippen MR) is 93.8 cm³/mol. The molecule has 0 heterocycles. The average Bonchev–Trinajstić information content (AvgIpc) is 2.44. The van der Waals surface area contributed by atoms with Crippen LogP contribution in [0.1, 0.15) is 51.4 Å². The Bertz CT molecular complexity index is 572. The molecule has 1 aromatic carbocycles. The van der Waals surface area contributed by atoms with E-state index in [2.05, 4.69) is 10.5 Å². The highest BCUT2D eigenvalue weighted by molar-refractivity contribution is 6.30. The largest absolute Gasteiger partial charge is 0.338 e. The topological polar surface area (TPSA) is 61.8 Å². The third kappa shape index (κ3) is 6.02. The second-order valence-electron chi connectivity index (χ2n) is 5.96. The van der Waals surface area contributed by atoms with Crippen molar-refractivity contribution < 1.29 is 9.59 Å². The van der Waals surface area contributed by atoms with Crippen molar-refractivity contribution in [3.8, 4) is 0 Å². The summed E-state index contributed by atoms with van der Waals surface area (Å²) in [5.74, 6) is -0.338. The molecule has 23 heavy (non-hydrogen) atoms. The lowest BCUT2D eigenvalue weighted by atomic mass is 10.2. The summed E-state index contributed by atoms with van der Waals surface area (Å²) in [4.78, 5) is 26.1. The number of carbonyl (C=O) groups is 2. The molecule has 2 amide bonds. The summed E-state index contributed by atoms with van der Waals surface area (Å²) >= 11 is 5.78. The third-order valence-corrected chi connectivity index (χ3v) is 3.51. The lowest BCUT2D eigenvalue weighted by molar-refractivity contribution is -0.133. The maximum absolute atomic E-state index is 12.3. The van der Waals surface area contributed by atoms with Crippen LogP contribution >= 0.6 is 11.6 Å². The fraction of sp³-hybridized carbons (Fsp3) is 0.471. The molecule has 6 heteroatoms. The molecule has 0 fully saturated rings. The van der Waals surface area contributed by atoms with Gasteiger partial charge in [-0.05, 0) is 58.9 Å². The van der Waals surface area contributed by atoms with E-state index in [1.165, 1.54) is 0 Å². The van der Waals surface area contributed by atoms with Gasteiger partial charge < -0.3 is 4.90 Å². The zero-order valence-electron chi connectivity index (χ0n) is 14.3. The van der Waals surface area contributed by atoms with Crippen molar-refractivity contribution in [3.05, 3.63) is 34.9 Å². The van der Waals surface area contributed by atoms with Crippen molar-refractivity contribution in [2.24, 2.45) is 5.10 Å². The van der Waals surface area contributed by atoms with Crippen molar-refractivity contribution in [2.75, 3.05) is 0 Å². The van der Waals surface area contributed by atoms with Crippen LogP contribution in [0.4, 0.5) is 0 Å². The number of hydrogen-bond acceptors (Lipinski definition) is 3. The molecular weight excluding hydrogens is 314 g/mol. The Balaban J connectivity index is 2.65. The molecule has 0 aliphatic heterocycles. The zero-order chi connectivity index (χ0) is 17.6. The van der Waals surface area contributed by atoms with Crippen LogP contribution in [0.15, 0.2) is 29.4 Å². The average molecular weight is 338 g/mol. The highest BCUT2D eigenvalue weighted by atomic mass is 35.5. The quantitative estimate of drug-likeness (QED) is 0.638. The Hall–Kier alpha value is -1.88. The highest BCUT2D eigenvalue weighted by Gasteiger charge is 2.20. The molecule has 0 saturated carbocycles. The minimum absolute atomic E-state index is 0.00279. The van der Waals surface area contributed by atoms with Gasteiger partial charge in [0.2, 0.25) is 5.91 Å². The van der Waals surface area contributed by atoms with E-state index in [-0.39, 0.29) is 30.3 Å². The Morgan fingerprint density at radius 3 is 2.13 bits per heavy atom. The number of hydrazone groups is 1. The summed E-state index contributed by atoms with van der Waals surface area (Å²) in [5.41, 5.74) is 3.48. The molecule has 126 valence electrons. The minimum atomic E-state index is -0.335. The Labute approximate surface area is 142 Å². The molecule has 0 aromatic heterocycles. The Kier molecular flexibility index (Phi) is 7.23. The van der Waals surface area contributed by atoms with Gasteiger partial charge in [0.25, 0.3) is 5.91 Å². The van der Waals surface area contributed by atoms with E-state index in [1.54, 1.807) is 36.1 Å². The number of rotatable bonds is 6.